The van der Waals surface area contributed by atoms with E-state index in [1.165, 1.54) is 12.1 Å². The third kappa shape index (κ3) is 4.19. The topological polar surface area (TPSA) is 70.2 Å². The molecule has 1 aliphatic rings. The van der Waals surface area contributed by atoms with Gasteiger partial charge in [0.15, 0.2) is 0 Å². The molecule has 1 atom stereocenters. The number of benzene rings is 1. The lowest BCUT2D eigenvalue weighted by Crippen LogP contribution is -2.53. The summed E-state index contributed by atoms with van der Waals surface area (Å²) in [6.07, 6.45) is -4.60. The van der Waals surface area contributed by atoms with Gasteiger partial charge in [-0.15, -0.1) is 0 Å². The first-order chi connectivity index (χ1) is 9.86. The molecule has 1 saturated heterocycles. The number of hydrogen-bond acceptors (Lipinski definition) is 3. The van der Waals surface area contributed by atoms with Crippen molar-refractivity contribution in [3.63, 3.8) is 0 Å². The van der Waals surface area contributed by atoms with Crippen LogP contribution >= 0.6 is 0 Å². The third-order valence-corrected chi connectivity index (χ3v) is 2.99. The Labute approximate surface area is 118 Å². The van der Waals surface area contributed by atoms with Crippen molar-refractivity contribution in [2.75, 3.05) is 18.4 Å². The molecule has 0 radical (unpaired) electrons. The maximum absolute atomic E-state index is 12.6. The highest BCUT2D eigenvalue weighted by molar-refractivity contribution is 5.95. The highest BCUT2D eigenvalue weighted by Crippen LogP contribution is 2.30. The van der Waals surface area contributed by atoms with Crippen LogP contribution in [0.3, 0.4) is 0 Å². The van der Waals surface area contributed by atoms with Gasteiger partial charge in [-0.2, -0.15) is 13.2 Å². The van der Waals surface area contributed by atoms with Gasteiger partial charge in [-0.05, 0) is 18.2 Å². The smallest absolute Gasteiger partial charge is 0.353 e. The minimum absolute atomic E-state index is 0.0473. The van der Waals surface area contributed by atoms with Gasteiger partial charge in [0, 0.05) is 18.8 Å². The van der Waals surface area contributed by atoms with Crippen molar-refractivity contribution < 1.29 is 22.8 Å². The summed E-state index contributed by atoms with van der Waals surface area (Å²) in [5.41, 5.74) is -0.792. The van der Waals surface area contributed by atoms with Gasteiger partial charge in [0.05, 0.1) is 18.0 Å². The molecule has 0 bridgehead atoms. The molecule has 1 aromatic carbocycles. The fourth-order valence-corrected chi connectivity index (χ4v) is 1.98. The molecular weight excluding hydrogens is 287 g/mol. The maximum atomic E-state index is 12.6. The second-order valence-corrected chi connectivity index (χ2v) is 4.63. The first-order valence-corrected chi connectivity index (χ1v) is 6.34. The molecule has 1 fully saturated rings. The Morgan fingerprint density at radius 2 is 2.10 bits per heavy atom. The van der Waals surface area contributed by atoms with Gasteiger partial charge < -0.3 is 16.0 Å². The molecule has 0 aromatic heterocycles. The van der Waals surface area contributed by atoms with Crippen molar-refractivity contribution in [1.82, 2.24) is 10.6 Å². The van der Waals surface area contributed by atoms with Gasteiger partial charge in [-0.25, -0.2) is 0 Å². The number of amides is 2. The van der Waals surface area contributed by atoms with Crippen molar-refractivity contribution in [2.24, 2.45) is 0 Å². The van der Waals surface area contributed by atoms with Crippen molar-refractivity contribution in [2.45, 2.75) is 18.6 Å². The number of piperazine rings is 1. The molecule has 1 unspecified atom stereocenters. The van der Waals surface area contributed by atoms with Crippen molar-refractivity contribution in [3.05, 3.63) is 29.8 Å². The van der Waals surface area contributed by atoms with Gasteiger partial charge in [0.2, 0.25) is 11.8 Å². The zero-order valence-electron chi connectivity index (χ0n) is 11.0. The molecule has 5 nitrogen and oxygen atoms in total. The minimum Gasteiger partial charge on any atom is -0.353 e. The fourth-order valence-electron chi connectivity index (χ4n) is 1.98. The largest absolute Gasteiger partial charge is 0.416 e. The van der Waals surface area contributed by atoms with Gasteiger partial charge in [-0.3, -0.25) is 9.59 Å². The number of alkyl halides is 3. The highest BCUT2D eigenvalue weighted by atomic mass is 19.4. The fraction of sp³-hybridized carbons (Fsp3) is 0.385. The van der Waals surface area contributed by atoms with Crippen LogP contribution in [-0.2, 0) is 15.8 Å². The molecule has 1 aromatic rings. The number of carbonyl (C=O) groups excluding carboxylic acids is 2. The van der Waals surface area contributed by atoms with Crippen LogP contribution in [0.2, 0.25) is 0 Å². The van der Waals surface area contributed by atoms with E-state index in [0.29, 0.717) is 13.1 Å². The van der Waals surface area contributed by atoms with Crippen LogP contribution < -0.4 is 16.0 Å². The molecule has 1 aliphatic heterocycles. The molecule has 21 heavy (non-hydrogen) atoms. The monoisotopic (exact) mass is 301 g/mol. The quantitative estimate of drug-likeness (QED) is 0.783. The second-order valence-electron chi connectivity index (χ2n) is 4.63. The molecule has 8 heteroatoms. The number of anilines is 1. The van der Waals surface area contributed by atoms with Gasteiger partial charge >= 0.3 is 6.18 Å². The van der Waals surface area contributed by atoms with E-state index in [0.717, 1.165) is 12.1 Å². The van der Waals surface area contributed by atoms with Gasteiger partial charge in [-0.1, -0.05) is 6.07 Å². The van der Waals surface area contributed by atoms with E-state index in [-0.39, 0.29) is 18.0 Å². The lowest BCUT2D eigenvalue weighted by Gasteiger charge is -2.22. The number of halogens is 3. The molecule has 3 N–H and O–H groups in total. The van der Waals surface area contributed by atoms with Crippen LogP contribution in [0.4, 0.5) is 18.9 Å². The number of carbonyl (C=O) groups is 2. The summed E-state index contributed by atoms with van der Waals surface area (Å²) in [5.74, 6) is -0.815. The van der Waals surface area contributed by atoms with E-state index in [1.807, 2.05) is 0 Å². The molecule has 0 saturated carbocycles. The summed E-state index contributed by atoms with van der Waals surface area (Å²) >= 11 is 0. The average molecular weight is 301 g/mol. The zero-order valence-corrected chi connectivity index (χ0v) is 11.0. The van der Waals surface area contributed by atoms with E-state index in [9.17, 15) is 22.8 Å². The number of rotatable bonds is 3. The van der Waals surface area contributed by atoms with Crippen LogP contribution in [0.15, 0.2) is 24.3 Å². The summed E-state index contributed by atoms with van der Waals surface area (Å²) < 4.78 is 37.7. The van der Waals surface area contributed by atoms with Crippen molar-refractivity contribution in [3.8, 4) is 0 Å². The predicted molar refractivity (Wildman–Crippen MR) is 69.5 cm³/mol. The Morgan fingerprint density at radius 3 is 2.76 bits per heavy atom. The van der Waals surface area contributed by atoms with Crippen LogP contribution in [0.1, 0.15) is 12.0 Å². The molecular formula is C13H14F3N3O2. The molecule has 1 heterocycles. The van der Waals surface area contributed by atoms with Gasteiger partial charge in [0.1, 0.15) is 0 Å². The van der Waals surface area contributed by atoms with Crippen LogP contribution in [-0.4, -0.2) is 30.9 Å². The lowest BCUT2D eigenvalue weighted by atomic mass is 10.1. The molecule has 0 spiro atoms. The summed E-state index contributed by atoms with van der Waals surface area (Å²) in [4.78, 5) is 23.2. The lowest BCUT2D eigenvalue weighted by molar-refractivity contribution is -0.137. The summed E-state index contributed by atoms with van der Waals surface area (Å²) in [7, 11) is 0. The van der Waals surface area contributed by atoms with E-state index < -0.39 is 23.7 Å². The Bertz CT molecular complexity index is 546. The Hall–Kier alpha value is -2.09. The number of hydrogen-bond donors (Lipinski definition) is 3. The van der Waals surface area contributed by atoms with E-state index in [4.69, 9.17) is 0 Å². The number of nitrogens with one attached hydrogen (secondary N) is 3. The summed E-state index contributed by atoms with van der Waals surface area (Å²) in [5, 5.41) is 7.83. The predicted octanol–water partition coefficient (Wildman–Crippen LogP) is 1.12. The molecule has 114 valence electrons. The third-order valence-electron chi connectivity index (χ3n) is 2.99. The highest BCUT2D eigenvalue weighted by Gasteiger charge is 2.30. The summed E-state index contributed by atoms with van der Waals surface area (Å²) in [6.45, 7) is 1.04. The van der Waals surface area contributed by atoms with E-state index in [1.54, 1.807) is 0 Å². The van der Waals surface area contributed by atoms with Crippen LogP contribution in [0.25, 0.3) is 0 Å². The normalized spacial score (nSPS) is 19.0. The standard InChI is InChI=1S/C13H14F3N3O2/c14-13(15,16)8-2-1-3-9(6-8)19-11(20)7-10-12(21)18-5-4-17-10/h1-3,6,10,17H,4-5,7H2,(H,18,21)(H,19,20). The summed E-state index contributed by atoms with van der Waals surface area (Å²) in [6, 6.07) is 3.69. The Morgan fingerprint density at radius 1 is 1.33 bits per heavy atom. The first kappa shape index (κ1) is 15.3. The Kier molecular flexibility index (Phi) is 4.46. The maximum Gasteiger partial charge on any atom is 0.416 e. The van der Waals surface area contributed by atoms with Crippen molar-refractivity contribution >= 4 is 17.5 Å². The SMILES string of the molecule is O=C(CC1NCCNC1=O)Nc1cccc(C(F)(F)F)c1. The molecule has 2 rings (SSSR count). The zero-order chi connectivity index (χ0) is 15.5. The average Bonchev–Trinajstić information content (AvgIpc) is 2.41. The van der Waals surface area contributed by atoms with Crippen LogP contribution in [0, 0.1) is 0 Å². The Balaban J connectivity index is 1.98. The molecule has 2 amide bonds. The van der Waals surface area contributed by atoms with Gasteiger partial charge in [0.25, 0.3) is 0 Å². The van der Waals surface area contributed by atoms with Crippen molar-refractivity contribution in [1.29, 1.82) is 0 Å². The van der Waals surface area contributed by atoms with Crippen LogP contribution in [0.5, 0.6) is 0 Å². The van der Waals surface area contributed by atoms with E-state index >= 15 is 0 Å². The first-order valence-electron chi connectivity index (χ1n) is 6.34. The van der Waals surface area contributed by atoms with E-state index in [2.05, 4.69) is 16.0 Å². The minimum atomic E-state index is -4.47. The second kappa shape index (κ2) is 6.13. The molecule has 0 aliphatic carbocycles.